The van der Waals surface area contributed by atoms with Crippen LogP contribution >= 0.6 is 0 Å². The Hall–Kier alpha value is -4.04. The molecule has 0 aromatic heterocycles. The molecule has 0 bridgehead atoms. The van der Waals surface area contributed by atoms with E-state index in [0.717, 1.165) is 0 Å². The predicted octanol–water partition coefficient (Wildman–Crippen LogP) is -2.28. The fraction of sp³-hybridized carbons (Fsp3) is 1.00. The molecule has 0 aliphatic carbocycles. The SMILES string of the molecule is CNC[C@@H](O[N+](=O)[O-])[C@@H](O[N+](=O)[O-])[C@H](O[N+](=O)[O-])[C@@H](CO[N+](=O)[O-])O[N+](=O)[O-]. The Morgan fingerprint density at radius 2 is 1.07 bits per heavy atom. The van der Waals surface area contributed by atoms with Crippen molar-refractivity contribution in [2.75, 3.05) is 20.2 Å². The third-order valence-corrected chi connectivity index (χ3v) is 2.66. The lowest BCUT2D eigenvalue weighted by Crippen LogP contribution is -2.55. The van der Waals surface area contributed by atoms with Gasteiger partial charge in [0.1, 0.15) is 12.7 Å². The molecule has 0 heterocycles. The molecule has 0 amide bonds. The van der Waals surface area contributed by atoms with Crippen LogP contribution in [0.3, 0.4) is 0 Å². The number of nitrogens with one attached hydrogen (secondary N) is 1. The molecule has 0 saturated heterocycles. The van der Waals surface area contributed by atoms with E-state index in [1.165, 1.54) is 7.05 Å². The summed E-state index contributed by atoms with van der Waals surface area (Å²) >= 11 is 0. The Labute approximate surface area is 151 Å². The lowest BCUT2D eigenvalue weighted by atomic mass is 10.0. The minimum atomic E-state index is -2.51. The first-order valence-corrected chi connectivity index (χ1v) is 6.64. The largest absolute Gasteiger partial charge is 0.317 e. The van der Waals surface area contributed by atoms with E-state index in [-0.39, 0.29) is 0 Å². The topological polar surface area (TPSA) is 274 Å². The van der Waals surface area contributed by atoms with E-state index in [9.17, 15) is 50.6 Å². The molecule has 1 N–H and O–H groups in total. The highest BCUT2D eigenvalue weighted by Crippen LogP contribution is 2.19. The third-order valence-electron chi connectivity index (χ3n) is 2.66. The molecule has 0 aromatic rings. The standard InChI is InChI=1S/C7H12N6O15/c1-8-2-4(25-10(16)17)6(27-12(20)21)7(28-13(22)23)5(26-11(18)19)3-24-9(14)15/h4-8H,2-3H2,1H3/t4-,5-,6-,7-/m1/s1. The zero-order chi connectivity index (χ0) is 21.9. The Bertz CT molecular complexity index is 585. The fourth-order valence-electron chi connectivity index (χ4n) is 1.83. The van der Waals surface area contributed by atoms with Crippen LogP contribution < -0.4 is 5.32 Å². The summed E-state index contributed by atoms with van der Waals surface area (Å²) < 4.78 is 0. The first-order valence-electron chi connectivity index (χ1n) is 6.64. The smallest absolute Gasteiger partial charge is 0.294 e. The van der Waals surface area contributed by atoms with Gasteiger partial charge < -0.3 is 29.5 Å². The first-order chi connectivity index (χ1) is 13.0. The molecule has 0 aliphatic heterocycles. The molecule has 0 unspecified atom stereocenters. The van der Waals surface area contributed by atoms with Gasteiger partial charge in [-0.05, 0) is 7.05 Å². The highest BCUT2D eigenvalue weighted by Gasteiger charge is 2.44. The summed E-state index contributed by atoms with van der Waals surface area (Å²) in [6.45, 7) is -2.01. The molecule has 0 spiro atoms. The summed E-state index contributed by atoms with van der Waals surface area (Å²) in [7, 11) is 1.20. The number of hydrogen-bond donors (Lipinski definition) is 1. The van der Waals surface area contributed by atoms with Gasteiger partial charge in [-0.2, -0.15) is 0 Å². The van der Waals surface area contributed by atoms with Gasteiger partial charge in [0, 0.05) is 6.54 Å². The van der Waals surface area contributed by atoms with Gasteiger partial charge in [-0.15, -0.1) is 50.6 Å². The van der Waals surface area contributed by atoms with Gasteiger partial charge in [0.25, 0.3) is 25.4 Å². The van der Waals surface area contributed by atoms with Crippen LogP contribution in [0.4, 0.5) is 0 Å². The van der Waals surface area contributed by atoms with E-state index in [4.69, 9.17) is 0 Å². The maximum absolute atomic E-state index is 10.7. The first kappa shape index (κ1) is 24.0. The number of hydrogen-bond acceptors (Lipinski definition) is 16. The van der Waals surface area contributed by atoms with Crippen LogP contribution in [0.15, 0.2) is 0 Å². The second-order valence-electron chi connectivity index (χ2n) is 4.40. The quantitative estimate of drug-likeness (QED) is 0.203. The summed E-state index contributed by atoms with van der Waals surface area (Å²) in [6.07, 6.45) is -9.29. The van der Waals surface area contributed by atoms with Gasteiger partial charge in [0.15, 0.2) is 18.3 Å². The van der Waals surface area contributed by atoms with Gasteiger partial charge in [-0.25, -0.2) is 0 Å². The molecule has 4 atom stereocenters. The minimum Gasteiger partial charge on any atom is -0.317 e. The minimum absolute atomic E-state index is 0.613. The highest BCUT2D eigenvalue weighted by atomic mass is 17.0. The van der Waals surface area contributed by atoms with Crippen LogP contribution in [0.1, 0.15) is 0 Å². The van der Waals surface area contributed by atoms with E-state index in [1.807, 2.05) is 0 Å². The average molecular weight is 420 g/mol. The summed E-state index contributed by atoms with van der Waals surface area (Å²) in [5.41, 5.74) is 0. The monoisotopic (exact) mass is 420 g/mol. The van der Waals surface area contributed by atoms with E-state index in [0.29, 0.717) is 0 Å². The van der Waals surface area contributed by atoms with Crippen molar-refractivity contribution >= 4 is 0 Å². The molecule has 0 aliphatic rings. The maximum atomic E-state index is 10.7. The average Bonchev–Trinajstić information content (AvgIpc) is 2.53. The molecule has 160 valence electrons. The van der Waals surface area contributed by atoms with Crippen molar-refractivity contribution in [3.8, 4) is 0 Å². The summed E-state index contributed by atoms with van der Waals surface area (Å²) in [6, 6.07) is 0. The van der Waals surface area contributed by atoms with Gasteiger partial charge >= 0.3 is 0 Å². The second kappa shape index (κ2) is 11.6. The predicted molar refractivity (Wildman–Crippen MR) is 74.3 cm³/mol. The van der Waals surface area contributed by atoms with E-state index < -0.39 is 63.0 Å². The molecule has 0 saturated carbocycles. The molecule has 21 heteroatoms. The van der Waals surface area contributed by atoms with Crippen LogP contribution in [0, 0.1) is 50.6 Å². The van der Waals surface area contributed by atoms with E-state index in [2.05, 4.69) is 29.5 Å². The second-order valence-corrected chi connectivity index (χ2v) is 4.40. The van der Waals surface area contributed by atoms with Crippen LogP contribution in [0.2, 0.25) is 0 Å². The molecule has 21 nitrogen and oxygen atoms in total. The van der Waals surface area contributed by atoms with Crippen molar-refractivity contribution in [1.82, 2.24) is 5.32 Å². The zero-order valence-electron chi connectivity index (χ0n) is 13.6. The lowest BCUT2D eigenvalue weighted by Gasteiger charge is -2.32. The van der Waals surface area contributed by atoms with Gasteiger partial charge in [-0.1, -0.05) is 0 Å². The summed E-state index contributed by atoms with van der Waals surface area (Å²) in [4.78, 5) is 72.9. The highest BCUT2D eigenvalue weighted by molar-refractivity contribution is 4.84. The van der Waals surface area contributed by atoms with E-state index in [1.54, 1.807) is 0 Å². The zero-order valence-corrected chi connectivity index (χ0v) is 13.6. The third kappa shape index (κ3) is 9.44. The Balaban J connectivity index is 6.06. The molecular weight excluding hydrogens is 408 g/mol. The van der Waals surface area contributed by atoms with Crippen molar-refractivity contribution in [2.24, 2.45) is 0 Å². The normalized spacial score (nSPS) is 14.5. The number of nitrogens with zero attached hydrogens (tertiary/aromatic N) is 5. The number of rotatable bonds is 16. The maximum Gasteiger partial charge on any atom is 0.294 e. The van der Waals surface area contributed by atoms with Gasteiger partial charge in [0.05, 0.1) is 0 Å². The Morgan fingerprint density at radius 1 is 0.679 bits per heavy atom. The van der Waals surface area contributed by atoms with Crippen LogP contribution in [0.25, 0.3) is 0 Å². The molecule has 0 fully saturated rings. The van der Waals surface area contributed by atoms with Crippen molar-refractivity contribution in [1.29, 1.82) is 0 Å². The van der Waals surface area contributed by atoms with Crippen molar-refractivity contribution < 1.29 is 49.6 Å². The van der Waals surface area contributed by atoms with Crippen molar-refractivity contribution in [3.05, 3.63) is 50.6 Å². The van der Waals surface area contributed by atoms with Crippen LogP contribution in [-0.2, 0) is 24.2 Å². The lowest BCUT2D eigenvalue weighted by molar-refractivity contribution is -0.831. The van der Waals surface area contributed by atoms with Crippen molar-refractivity contribution in [2.45, 2.75) is 24.4 Å². The van der Waals surface area contributed by atoms with Crippen LogP contribution in [-0.4, -0.2) is 70.0 Å². The summed E-state index contributed by atoms with van der Waals surface area (Å²) in [5, 5.41) is 47.5. The Morgan fingerprint density at radius 3 is 1.43 bits per heavy atom. The number of likely N-dealkylation sites (N-methyl/N-ethyl adjacent to an activating group) is 1. The molecule has 0 radical (unpaired) electrons. The molecule has 28 heavy (non-hydrogen) atoms. The van der Waals surface area contributed by atoms with Crippen molar-refractivity contribution in [3.63, 3.8) is 0 Å². The van der Waals surface area contributed by atoms with Crippen LogP contribution in [0.5, 0.6) is 0 Å². The Kier molecular flexibility index (Phi) is 9.88. The molecule has 0 rings (SSSR count). The molecule has 0 aromatic carbocycles. The van der Waals surface area contributed by atoms with Gasteiger partial charge in [0.2, 0.25) is 0 Å². The van der Waals surface area contributed by atoms with Gasteiger partial charge in [-0.3, -0.25) is 0 Å². The molecular formula is C7H12N6O15. The van der Waals surface area contributed by atoms with E-state index >= 15 is 0 Å². The fourth-order valence-corrected chi connectivity index (χ4v) is 1.83. The summed E-state index contributed by atoms with van der Waals surface area (Å²) in [5.74, 6) is 0.